The highest BCUT2D eigenvalue weighted by molar-refractivity contribution is 8.00. The molecule has 40 heavy (non-hydrogen) atoms. The molecule has 0 spiro atoms. The van der Waals surface area contributed by atoms with Crippen molar-refractivity contribution in [3.05, 3.63) is 119 Å². The average Bonchev–Trinajstić information content (AvgIpc) is 3.53. The zero-order valence-electron chi connectivity index (χ0n) is 21.4. The first-order valence-electron chi connectivity index (χ1n) is 12.3. The summed E-state index contributed by atoms with van der Waals surface area (Å²) in [7, 11) is 0. The van der Waals surface area contributed by atoms with Crippen molar-refractivity contribution in [3.63, 3.8) is 0 Å². The molecule has 1 fully saturated rings. The lowest BCUT2D eigenvalue weighted by molar-refractivity contribution is -0.132. The molecule has 0 radical (unpaired) electrons. The highest BCUT2D eigenvalue weighted by Crippen LogP contribution is 2.44. The number of nitrogens with zero attached hydrogens (tertiary/aromatic N) is 3. The van der Waals surface area contributed by atoms with Crippen LogP contribution in [0.5, 0.6) is 5.75 Å². The lowest BCUT2D eigenvalue weighted by Crippen LogP contribution is -2.29. The van der Waals surface area contributed by atoms with Crippen molar-refractivity contribution in [3.8, 4) is 5.75 Å². The Bertz CT molecular complexity index is 1620. The Morgan fingerprint density at radius 2 is 1.90 bits per heavy atom. The molecule has 0 saturated carbocycles. The molecule has 2 heterocycles. The summed E-state index contributed by atoms with van der Waals surface area (Å²) in [6.07, 6.45) is 1.61. The van der Waals surface area contributed by atoms with Crippen LogP contribution in [0.25, 0.3) is 5.76 Å². The SMILES string of the molecule is C=CCOc1cccc(C2C(=C(O)c3ccc(C)cc3)C(=O)C(=O)N2c2nnc(SCc3ccccc3F)s2)c1. The molecule has 3 aromatic carbocycles. The summed E-state index contributed by atoms with van der Waals surface area (Å²) >= 11 is 2.39. The predicted octanol–water partition coefficient (Wildman–Crippen LogP) is 6.47. The molecule has 10 heteroatoms. The minimum absolute atomic E-state index is 0.0644. The zero-order chi connectivity index (χ0) is 28.2. The molecule has 1 aliphatic rings. The third-order valence-corrected chi connectivity index (χ3v) is 8.33. The monoisotopic (exact) mass is 573 g/mol. The minimum Gasteiger partial charge on any atom is -0.507 e. The average molecular weight is 574 g/mol. The van der Waals surface area contributed by atoms with E-state index in [1.54, 1.807) is 60.7 Å². The Kier molecular flexibility index (Phi) is 8.09. The summed E-state index contributed by atoms with van der Waals surface area (Å²) < 4.78 is 20.3. The third kappa shape index (κ3) is 5.54. The van der Waals surface area contributed by atoms with Crippen LogP contribution in [0, 0.1) is 12.7 Å². The quantitative estimate of drug-likeness (QED) is 0.0613. The Morgan fingerprint density at radius 1 is 1.12 bits per heavy atom. The number of thioether (sulfide) groups is 1. The second-order valence-corrected chi connectivity index (χ2v) is 11.1. The lowest BCUT2D eigenvalue weighted by atomic mass is 9.95. The molecular weight excluding hydrogens is 549 g/mol. The first-order valence-corrected chi connectivity index (χ1v) is 14.1. The van der Waals surface area contributed by atoms with Crippen LogP contribution in [0.15, 0.2) is 95.4 Å². The highest BCUT2D eigenvalue weighted by Gasteiger charge is 2.48. The van der Waals surface area contributed by atoms with Gasteiger partial charge in [-0.25, -0.2) is 4.39 Å². The van der Waals surface area contributed by atoms with E-state index in [1.807, 2.05) is 19.1 Å². The van der Waals surface area contributed by atoms with E-state index in [4.69, 9.17) is 4.74 Å². The van der Waals surface area contributed by atoms with Crippen molar-refractivity contribution >= 4 is 45.7 Å². The lowest BCUT2D eigenvalue weighted by Gasteiger charge is -2.23. The molecule has 1 aromatic heterocycles. The smallest absolute Gasteiger partial charge is 0.301 e. The topological polar surface area (TPSA) is 92.6 Å². The van der Waals surface area contributed by atoms with E-state index in [2.05, 4.69) is 16.8 Å². The molecule has 0 bridgehead atoms. The van der Waals surface area contributed by atoms with Gasteiger partial charge in [0.15, 0.2) is 4.34 Å². The number of hydrogen-bond donors (Lipinski definition) is 1. The van der Waals surface area contributed by atoms with Crippen LogP contribution >= 0.6 is 23.1 Å². The number of ether oxygens (including phenoxy) is 1. The molecule has 4 aromatic rings. The number of anilines is 1. The van der Waals surface area contributed by atoms with Gasteiger partial charge >= 0.3 is 5.91 Å². The second kappa shape index (κ2) is 11.8. The Labute approximate surface area is 238 Å². The highest BCUT2D eigenvalue weighted by atomic mass is 32.2. The van der Waals surface area contributed by atoms with Gasteiger partial charge in [0.25, 0.3) is 5.78 Å². The number of aryl methyl sites for hydroxylation is 1. The van der Waals surface area contributed by atoms with E-state index in [0.29, 0.717) is 32.5 Å². The fraction of sp³-hybridized carbons (Fsp3) is 0.133. The fourth-order valence-corrected chi connectivity index (χ4v) is 6.11. The maximum atomic E-state index is 14.1. The van der Waals surface area contributed by atoms with Crippen LogP contribution in [0.2, 0.25) is 0 Å². The number of hydrogen-bond acceptors (Lipinski definition) is 8. The normalized spacial score (nSPS) is 16.4. The van der Waals surface area contributed by atoms with Gasteiger partial charge in [0.1, 0.15) is 23.9 Å². The van der Waals surface area contributed by atoms with Crippen molar-refractivity contribution in [1.82, 2.24) is 10.2 Å². The van der Waals surface area contributed by atoms with E-state index in [9.17, 15) is 19.1 Å². The Hall–Kier alpha value is -4.28. The van der Waals surface area contributed by atoms with Gasteiger partial charge in [0.05, 0.1) is 11.6 Å². The summed E-state index contributed by atoms with van der Waals surface area (Å²) in [5, 5.41) is 19.9. The summed E-state index contributed by atoms with van der Waals surface area (Å²) in [4.78, 5) is 28.1. The number of aliphatic hydroxyl groups is 1. The summed E-state index contributed by atoms with van der Waals surface area (Å²) in [5.41, 5.74) is 2.38. The second-order valence-electron chi connectivity index (χ2n) is 8.94. The number of aromatic nitrogens is 2. The summed E-state index contributed by atoms with van der Waals surface area (Å²) in [5.74, 6) is -1.45. The Balaban J connectivity index is 1.56. The molecule has 202 valence electrons. The van der Waals surface area contributed by atoms with E-state index >= 15 is 0 Å². The Morgan fingerprint density at radius 3 is 2.65 bits per heavy atom. The molecule has 1 unspecified atom stereocenters. The van der Waals surface area contributed by atoms with E-state index < -0.39 is 17.7 Å². The van der Waals surface area contributed by atoms with Crippen molar-refractivity contribution in [2.75, 3.05) is 11.5 Å². The van der Waals surface area contributed by atoms with Gasteiger partial charge in [-0.15, -0.1) is 10.2 Å². The maximum absolute atomic E-state index is 14.1. The van der Waals surface area contributed by atoms with Gasteiger partial charge < -0.3 is 9.84 Å². The molecule has 1 N–H and O–H groups in total. The molecule has 1 amide bonds. The van der Waals surface area contributed by atoms with Crippen LogP contribution in [0.4, 0.5) is 9.52 Å². The van der Waals surface area contributed by atoms with Gasteiger partial charge in [0, 0.05) is 11.3 Å². The fourth-order valence-electron chi connectivity index (χ4n) is 4.25. The number of Topliss-reactive ketones (excluding diaryl/α,β-unsaturated/α-hetero) is 1. The van der Waals surface area contributed by atoms with Crippen molar-refractivity contribution in [2.45, 2.75) is 23.1 Å². The first-order chi connectivity index (χ1) is 19.4. The van der Waals surface area contributed by atoms with E-state index in [0.717, 1.165) is 16.9 Å². The maximum Gasteiger partial charge on any atom is 0.301 e. The van der Waals surface area contributed by atoms with Crippen molar-refractivity contribution < 1.29 is 23.8 Å². The number of ketones is 1. The van der Waals surface area contributed by atoms with Crippen LogP contribution in [0.3, 0.4) is 0 Å². The van der Waals surface area contributed by atoms with Gasteiger partial charge in [-0.3, -0.25) is 14.5 Å². The third-order valence-electron chi connectivity index (χ3n) is 6.22. The molecule has 5 rings (SSSR count). The van der Waals surface area contributed by atoms with Crippen molar-refractivity contribution in [2.24, 2.45) is 0 Å². The van der Waals surface area contributed by atoms with Crippen LogP contribution in [-0.4, -0.2) is 33.6 Å². The summed E-state index contributed by atoms with van der Waals surface area (Å²) in [6, 6.07) is 19.5. The minimum atomic E-state index is -0.981. The number of benzene rings is 3. The predicted molar refractivity (Wildman–Crippen MR) is 154 cm³/mol. The van der Waals surface area contributed by atoms with Gasteiger partial charge in [-0.1, -0.05) is 95.9 Å². The van der Waals surface area contributed by atoms with Crippen LogP contribution in [0.1, 0.15) is 28.3 Å². The van der Waals surface area contributed by atoms with Gasteiger partial charge in [-0.2, -0.15) is 0 Å². The van der Waals surface area contributed by atoms with E-state index in [1.165, 1.54) is 22.7 Å². The number of carbonyl (C=O) groups excluding carboxylic acids is 2. The number of carbonyl (C=O) groups is 2. The van der Waals surface area contributed by atoms with Crippen molar-refractivity contribution in [1.29, 1.82) is 0 Å². The molecule has 0 aliphatic carbocycles. The number of rotatable bonds is 9. The zero-order valence-corrected chi connectivity index (χ0v) is 23.0. The number of amides is 1. The largest absolute Gasteiger partial charge is 0.507 e. The van der Waals surface area contributed by atoms with Crippen LogP contribution in [-0.2, 0) is 15.3 Å². The number of aliphatic hydroxyl groups excluding tert-OH is 1. The summed E-state index contributed by atoms with van der Waals surface area (Å²) in [6.45, 7) is 5.85. The van der Waals surface area contributed by atoms with Crippen LogP contribution < -0.4 is 9.64 Å². The molecule has 1 aliphatic heterocycles. The molecule has 1 atom stereocenters. The number of halogens is 1. The first kappa shape index (κ1) is 27.3. The molecule has 7 nitrogen and oxygen atoms in total. The van der Waals surface area contributed by atoms with Gasteiger partial charge in [-0.05, 0) is 36.2 Å². The molecular formula is C30H24FN3O4S2. The molecule has 1 saturated heterocycles. The van der Waals surface area contributed by atoms with E-state index in [-0.39, 0.29) is 28.9 Å². The van der Waals surface area contributed by atoms with Gasteiger partial charge in [0.2, 0.25) is 5.13 Å². The standard InChI is InChI=1S/C30H24FN3O4S2/c1-3-15-38-22-9-6-8-20(16-22)25-24(26(35)19-13-11-18(2)12-14-19)27(36)28(37)34(25)29-32-33-30(40-29)39-17-21-7-4-5-10-23(21)31/h3-14,16,25,35H,1,15,17H2,2H3.